The number of hydrogen-bond acceptors (Lipinski definition) is 3. The summed E-state index contributed by atoms with van der Waals surface area (Å²) in [4.78, 5) is 24.8. The number of nitrogens with one attached hydrogen (secondary N) is 1. The van der Waals surface area contributed by atoms with Crippen molar-refractivity contribution in [3.8, 4) is 0 Å². The molecule has 1 aliphatic heterocycles. The highest BCUT2D eigenvalue weighted by Crippen LogP contribution is 2.17. The summed E-state index contributed by atoms with van der Waals surface area (Å²) in [7, 11) is 0. The molecule has 0 aliphatic carbocycles. The maximum absolute atomic E-state index is 12.1. The lowest BCUT2D eigenvalue weighted by atomic mass is 10.0. The molecule has 1 aromatic heterocycles. The van der Waals surface area contributed by atoms with E-state index in [-0.39, 0.29) is 24.2 Å². The van der Waals surface area contributed by atoms with E-state index in [1.807, 2.05) is 11.8 Å². The van der Waals surface area contributed by atoms with Crippen molar-refractivity contribution in [3.63, 3.8) is 0 Å². The van der Waals surface area contributed by atoms with Gasteiger partial charge in [0.15, 0.2) is 0 Å². The summed E-state index contributed by atoms with van der Waals surface area (Å²) in [5.41, 5.74) is 0.139. The molecule has 20 heavy (non-hydrogen) atoms. The molecule has 6 nitrogen and oxygen atoms in total. The smallest absolute Gasteiger partial charge is 0.339 e. The van der Waals surface area contributed by atoms with Crippen LogP contribution in [0.15, 0.2) is 10.5 Å². The first-order valence-corrected chi connectivity index (χ1v) is 6.86. The Kier molecular flexibility index (Phi) is 4.32. The van der Waals surface area contributed by atoms with Gasteiger partial charge in [-0.25, -0.2) is 9.59 Å². The largest absolute Gasteiger partial charge is 0.478 e. The van der Waals surface area contributed by atoms with Crippen LogP contribution in [0.2, 0.25) is 0 Å². The van der Waals surface area contributed by atoms with Gasteiger partial charge in [0, 0.05) is 12.6 Å². The summed E-state index contributed by atoms with van der Waals surface area (Å²) in [6.45, 7) is 4.61. The molecule has 2 rings (SSSR count). The molecule has 1 aromatic rings. The van der Waals surface area contributed by atoms with Gasteiger partial charge in [-0.05, 0) is 39.2 Å². The second-order valence-electron chi connectivity index (χ2n) is 5.18. The Balaban J connectivity index is 1.93. The van der Waals surface area contributed by atoms with Gasteiger partial charge in [0.05, 0.1) is 6.54 Å². The van der Waals surface area contributed by atoms with Crippen LogP contribution in [0.25, 0.3) is 0 Å². The highest BCUT2D eigenvalue weighted by Gasteiger charge is 2.23. The second kappa shape index (κ2) is 5.98. The van der Waals surface area contributed by atoms with Crippen LogP contribution in [-0.2, 0) is 6.54 Å². The van der Waals surface area contributed by atoms with Crippen LogP contribution in [0.1, 0.15) is 48.1 Å². The zero-order valence-corrected chi connectivity index (χ0v) is 11.8. The fourth-order valence-corrected chi connectivity index (χ4v) is 2.51. The first-order valence-electron chi connectivity index (χ1n) is 6.86. The van der Waals surface area contributed by atoms with Crippen molar-refractivity contribution in [1.29, 1.82) is 0 Å². The number of carboxylic acid groups (broad SMARTS) is 1. The quantitative estimate of drug-likeness (QED) is 0.890. The van der Waals surface area contributed by atoms with Crippen LogP contribution in [0, 0.1) is 6.92 Å². The number of rotatable bonds is 3. The number of nitrogens with zero attached hydrogens (tertiary/aromatic N) is 1. The van der Waals surface area contributed by atoms with Crippen molar-refractivity contribution in [2.75, 3.05) is 6.54 Å². The Morgan fingerprint density at radius 2 is 2.25 bits per heavy atom. The summed E-state index contributed by atoms with van der Waals surface area (Å²) >= 11 is 0. The molecule has 2 amide bonds. The molecule has 0 spiro atoms. The summed E-state index contributed by atoms with van der Waals surface area (Å²) < 4.78 is 5.33. The first-order chi connectivity index (χ1) is 9.49. The molecule has 0 aromatic carbocycles. The maximum atomic E-state index is 12.1. The molecule has 1 fully saturated rings. The number of urea groups is 1. The summed E-state index contributed by atoms with van der Waals surface area (Å²) in [6, 6.07) is 1.58. The molecule has 0 saturated carbocycles. The van der Waals surface area contributed by atoms with Gasteiger partial charge in [0.25, 0.3) is 0 Å². The molecule has 1 unspecified atom stereocenters. The third-order valence-corrected chi connectivity index (χ3v) is 3.68. The molecular formula is C14H20N2O4. The number of hydrogen-bond donors (Lipinski definition) is 2. The molecular weight excluding hydrogens is 260 g/mol. The van der Waals surface area contributed by atoms with Gasteiger partial charge in [-0.1, -0.05) is 0 Å². The lowest BCUT2D eigenvalue weighted by Gasteiger charge is -2.33. The topological polar surface area (TPSA) is 82.8 Å². The van der Waals surface area contributed by atoms with E-state index in [1.165, 1.54) is 6.07 Å². The average molecular weight is 280 g/mol. The lowest BCUT2D eigenvalue weighted by Crippen LogP contribution is -2.47. The van der Waals surface area contributed by atoms with Crippen molar-refractivity contribution in [3.05, 3.63) is 23.2 Å². The van der Waals surface area contributed by atoms with E-state index in [0.717, 1.165) is 25.8 Å². The Bertz CT molecular complexity index is 509. The molecule has 110 valence electrons. The van der Waals surface area contributed by atoms with Gasteiger partial charge >= 0.3 is 12.0 Å². The van der Waals surface area contributed by atoms with Crippen LogP contribution < -0.4 is 5.32 Å². The first kappa shape index (κ1) is 14.4. The van der Waals surface area contributed by atoms with E-state index in [0.29, 0.717) is 11.5 Å². The second-order valence-corrected chi connectivity index (χ2v) is 5.18. The highest BCUT2D eigenvalue weighted by molar-refractivity contribution is 5.88. The van der Waals surface area contributed by atoms with E-state index in [4.69, 9.17) is 9.52 Å². The van der Waals surface area contributed by atoms with Crippen molar-refractivity contribution < 1.29 is 19.1 Å². The van der Waals surface area contributed by atoms with Crippen molar-refractivity contribution in [2.45, 2.75) is 45.7 Å². The number of carbonyl (C=O) groups is 2. The molecule has 1 aliphatic rings. The summed E-state index contributed by atoms with van der Waals surface area (Å²) in [5, 5.41) is 11.7. The predicted octanol–water partition coefficient (Wildman–Crippen LogP) is 2.37. The maximum Gasteiger partial charge on any atom is 0.339 e. The molecule has 0 radical (unpaired) electrons. The number of aryl methyl sites for hydroxylation is 1. The Morgan fingerprint density at radius 1 is 1.50 bits per heavy atom. The van der Waals surface area contributed by atoms with Crippen LogP contribution in [-0.4, -0.2) is 34.6 Å². The number of amides is 2. The molecule has 2 N–H and O–H groups in total. The van der Waals surface area contributed by atoms with Crippen LogP contribution in [0.5, 0.6) is 0 Å². The predicted molar refractivity (Wildman–Crippen MR) is 72.7 cm³/mol. The summed E-state index contributed by atoms with van der Waals surface area (Å²) in [5.74, 6) is -0.209. The number of furan rings is 1. The minimum absolute atomic E-state index is 0.122. The van der Waals surface area contributed by atoms with Crippen LogP contribution in [0.3, 0.4) is 0 Å². The van der Waals surface area contributed by atoms with Crippen molar-refractivity contribution in [1.82, 2.24) is 10.2 Å². The Hall–Kier alpha value is -1.98. The average Bonchev–Trinajstić information content (AvgIpc) is 2.78. The minimum Gasteiger partial charge on any atom is -0.478 e. The molecule has 2 heterocycles. The number of piperidine rings is 1. The van der Waals surface area contributed by atoms with E-state index in [2.05, 4.69) is 5.32 Å². The van der Waals surface area contributed by atoms with Gasteiger partial charge < -0.3 is 19.7 Å². The monoisotopic (exact) mass is 280 g/mol. The zero-order chi connectivity index (χ0) is 14.7. The number of likely N-dealkylation sites (tertiary alicyclic amines) is 1. The van der Waals surface area contributed by atoms with E-state index >= 15 is 0 Å². The zero-order valence-electron chi connectivity index (χ0n) is 11.8. The fourth-order valence-electron chi connectivity index (χ4n) is 2.51. The molecule has 1 saturated heterocycles. The Morgan fingerprint density at radius 3 is 2.85 bits per heavy atom. The lowest BCUT2D eigenvalue weighted by molar-refractivity contribution is 0.0695. The van der Waals surface area contributed by atoms with E-state index in [1.54, 1.807) is 6.92 Å². The van der Waals surface area contributed by atoms with Crippen LogP contribution >= 0.6 is 0 Å². The number of carbonyl (C=O) groups excluding carboxylic acids is 1. The third kappa shape index (κ3) is 3.12. The van der Waals surface area contributed by atoms with Crippen LogP contribution in [0.4, 0.5) is 4.79 Å². The SMILES string of the molecule is Cc1oc(CNC(=O)N2CCCCC2C)cc1C(=O)O. The third-order valence-electron chi connectivity index (χ3n) is 3.68. The van der Waals surface area contributed by atoms with Gasteiger partial charge in [-0.15, -0.1) is 0 Å². The van der Waals surface area contributed by atoms with Crippen molar-refractivity contribution >= 4 is 12.0 Å². The normalized spacial score (nSPS) is 18.9. The standard InChI is InChI=1S/C14H20N2O4/c1-9-5-3-4-6-16(9)14(19)15-8-11-7-12(13(17)18)10(2)20-11/h7,9H,3-6,8H2,1-2H3,(H,15,19)(H,17,18). The number of carboxylic acids is 1. The van der Waals surface area contributed by atoms with E-state index in [9.17, 15) is 9.59 Å². The Labute approximate surface area is 117 Å². The van der Waals surface area contributed by atoms with Crippen molar-refractivity contribution in [2.24, 2.45) is 0 Å². The van der Waals surface area contributed by atoms with Gasteiger partial charge in [-0.3, -0.25) is 0 Å². The van der Waals surface area contributed by atoms with Gasteiger partial charge in [-0.2, -0.15) is 0 Å². The summed E-state index contributed by atoms with van der Waals surface area (Å²) in [6.07, 6.45) is 3.21. The molecule has 1 atom stereocenters. The minimum atomic E-state index is -1.02. The molecule has 6 heteroatoms. The van der Waals surface area contributed by atoms with Gasteiger partial charge in [0.1, 0.15) is 17.1 Å². The fraction of sp³-hybridized carbons (Fsp3) is 0.571. The number of aromatic carboxylic acids is 1. The highest BCUT2D eigenvalue weighted by atomic mass is 16.4. The van der Waals surface area contributed by atoms with E-state index < -0.39 is 5.97 Å². The van der Waals surface area contributed by atoms with Gasteiger partial charge in [0.2, 0.25) is 0 Å². The molecule has 0 bridgehead atoms.